The molecule has 9 nitrogen and oxygen atoms in total. The summed E-state index contributed by atoms with van der Waals surface area (Å²) in [5.74, 6) is 0.722. The summed E-state index contributed by atoms with van der Waals surface area (Å²) < 4.78 is 12.5. The summed E-state index contributed by atoms with van der Waals surface area (Å²) in [6, 6.07) is 41.0. The predicted molar refractivity (Wildman–Crippen MR) is 193 cm³/mol. The van der Waals surface area contributed by atoms with Gasteiger partial charge in [0.25, 0.3) is 5.91 Å². The predicted octanol–water partition coefficient (Wildman–Crippen LogP) is 7.84. The Morgan fingerprint density at radius 3 is 2.20 bits per heavy atom. The van der Waals surface area contributed by atoms with Crippen molar-refractivity contribution in [3.63, 3.8) is 0 Å². The van der Waals surface area contributed by atoms with Gasteiger partial charge in [-0.1, -0.05) is 108 Å². The summed E-state index contributed by atoms with van der Waals surface area (Å²) in [7, 11) is 0. The van der Waals surface area contributed by atoms with Crippen LogP contribution in [0.25, 0.3) is 21.6 Å². The van der Waals surface area contributed by atoms with E-state index in [1.54, 1.807) is 12.1 Å². The lowest BCUT2D eigenvalue weighted by Gasteiger charge is -2.32. The van der Waals surface area contributed by atoms with Gasteiger partial charge in [-0.15, -0.1) is 0 Å². The molecule has 2 atom stereocenters. The first-order valence-corrected chi connectivity index (χ1v) is 16.8. The molecule has 9 heteroatoms. The SMILES string of the molecule is [N-]=[N+]=Nc1ccccc1C[C@@]1(C(=O)NC2Cc3ccccc3C2)N=C(c2ccc(OCCCO)cc2)O[C@@H]1c1ccc(-c2ccccc2)cc1. The largest absolute Gasteiger partial charge is 0.494 e. The van der Waals surface area contributed by atoms with Crippen LogP contribution < -0.4 is 10.1 Å². The topological polar surface area (TPSA) is 129 Å². The van der Waals surface area contributed by atoms with Gasteiger partial charge in [-0.25, -0.2) is 4.99 Å². The van der Waals surface area contributed by atoms with Crippen LogP contribution in [-0.4, -0.2) is 41.7 Å². The maximum atomic E-state index is 15.0. The molecule has 1 heterocycles. The molecule has 1 aliphatic heterocycles. The second-order valence-corrected chi connectivity index (χ2v) is 12.6. The smallest absolute Gasteiger partial charge is 0.252 e. The Morgan fingerprint density at radius 2 is 1.50 bits per heavy atom. The molecule has 0 radical (unpaired) electrons. The lowest BCUT2D eigenvalue weighted by atomic mass is 9.81. The molecular formula is C41H37N5O4. The number of rotatable bonds is 12. The summed E-state index contributed by atoms with van der Waals surface area (Å²) in [6.07, 6.45) is 1.30. The average molecular weight is 664 g/mol. The fourth-order valence-electron chi connectivity index (χ4n) is 6.83. The van der Waals surface area contributed by atoms with E-state index < -0.39 is 11.6 Å². The van der Waals surface area contributed by atoms with Gasteiger partial charge in [0.2, 0.25) is 5.90 Å². The van der Waals surface area contributed by atoms with Gasteiger partial charge in [0.05, 0.1) is 6.61 Å². The van der Waals surface area contributed by atoms with E-state index in [4.69, 9.17) is 19.6 Å². The minimum Gasteiger partial charge on any atom is -0.494 e. The summed E-state index contributed by atoms with van der Waals surface area (Å²) >= 11 is 0. The number of azide groups is 1. The first kappa shape index (κ1) is 32.6. The number of carbonyl (C=O) groups is 1. The Hall–Kier alpha value is -5.89. The number of fused-ring (bicyclic) bond motifs is 1. The number of carbonyl (C=O) groups excluding carboxylic acids is 1. The standard InChI is InChI=1S/C41H37N5O4/c42-46-45-37-14-7-6-13-34(37)27-41(40(48)43-35-25-32-11-4-5-12-33(32)26-35)38(30-17-15-29(16-18-30)28-9-2-1-3-10-28)50-39(44-41)31-19-21-36(22-20-31)49-24-8-23-47/h1-7,9-22,35,38,47H,8,23-27H2,(H,43,48)/t38-,41-/m1/s1. The van der Waals surface area contributed by atoms with Crippen molar-refractivity contribution in [2.24, 2.45) is 10.1 Å². The molecule has 250 valence electrons. The molecule has 2 N–H and O–H groups in total. The summed E-state index contributed by atoms with van der Waals surface area (Å²) in [6.45, 7) is 0.448. The Balaban J connectivity index is 1.31. The number of ether oxygens (including phenoxy) is 2. The van der Waals surface area contributed by atoms with Crippen molar-refractivity contribution in [2.45, 2.75) is 43.4 Å². The molecule has 50 heavy (non-hydrogen) atoms. The molecule has 7 rings (SSSR count). The number of benzene rings is 5. The number of aliphatic imine (C=N–C) groups is 1. The van der Waals surface area contributed by atoms with Crippen molar-refractivity contribution in [1.29, 1.82) is 0 Å². The third-order valence-electron chi connectivity index (χ3n) is 9.34. The number of nitrogens with zero attached hydrogens (tertiary/aromatic N) is 4. The zero-order valence-electron chi connectivity index (χ0n) is 27.5. The van der Waals surface area contributed by atoms with Crippen LogP contribution in [0.1, 0.15) is 40.3 Å². The van der Waals surface area contributed by atoms with Gasteiger partial charge < -0.3 is 19.9 Å². The van der Waals surface area contributed by atoms with Crippen molar-refractivity contribution >= 4 is 17.5 Å². The van der Waals surface area contributed by atoms with E-state index in [1.807, 2.05) is 91.0 Å². The van der Waals surface area contributed by atoms with Crippen molar-refractivity contribution < 1.29 is 19.4 Å². The second-order valence-electron chi connectivity index (χ2n) is 12.6. The first-order chi connectivity index (χ1) is 24.6. The molecule has 0 spiro atoms. The van der Waals surface area contributed by atoms with Crippen LogP contribution in [-0.2, 0) is 28.8 Å². The van der Waals surface area contributed by atoms with E-state index in [-0.39, 0.29) is 25.0 Å². The molecule has 0 saturated heterocycles. The molecule has 1 aliphatic carbocycles. The maximum absolute atomic E-state index is 15.0. The number of nitrogens with one attached hydrogen (secondary N) is 1. The molecule has 2 aliphatic rings. The number of hydrogen-bond donors (Lipinski definition) is 2. The van der Waals surface area contributed by atoms with Gasteiger partial charge in [-0.05, 0) is 76.0 Å². The summed E-state index contributed by atoms with van der Waals surface area (Å²) in [5, 5.41) is 16.5. The van der Waals surface area contributed by atoms with Crippen LogP contribution in [0.2, 0.25) is 0 Å². The monoisotopic (exact) mass is 663 g/mol. The molecule has 5 aromatic rings. The number of amides is 1. The van der Waals surface area contributed by atoms with Gasteiger partial charge >= 0.3 is 0 Å². The van der Waals surface area contributed by atoms with E-state index in [0.29, 0.717) is 41.5 Å². The Bertz CT molecular complexity index is 2020. The molecule has 5 aromatic carbocycles. The average Bonchev–Trinajstić information content (AvgIpc) is 3.75. The molecule has 0 bridgehead atoms. The van der Waals surface area contributed by atoms with Gasteiger partial charge in [-0.3, -0.25) is 4.79 Å². The fraction of sp³-hybridized carbons (Fsp3) is 0.220. The quantitative estimate of drug-likeness (QED) is 0.0610. The van der Waals surface area contributed by atoms with Crippen LogP contribution in [0, 0.1) is 0 Å². The lowest BCUT2D eigenvalue weighted by molar-refractivity contribution is -0.129. The van der Waals surface area contributed by atoms with Crippen molar-refractivity contribution in [1.82, 2.24) is 5.32 Å². The minimum atomic E-state index is -1.45. The number of aliphatic hydroxyl groups excluding tert-OH is 1. The zero-order chi connectivity index (χ0) is 34.3. The highest BCUT2D eigenvalue weighted by molar-refractivity contribution is 6.01. The fourth-order valence-corrected chi connectivity index (χ4v) is 6.83. The second kappa shape index (κ2) is 14.7. The molecule has 0 saturated carbocycles. The van der Waals surface area contributed by atoms with Crippen molar-refractivity contribution in [3.05, 3.63) is 166 Å². The third-order valence-corrected chi connectivity index (χ3v) is 9.34. The highest BCUT2D eigenvalue weighted by Gasteiger charge is 2.54. The van der Waals surface area contributed by atoms with E-state index >= 15 is 0 Å². The molecule has 0 unspecified atom stereocenters. The van der Waals surface area contributed by atoms with Crippen LogP contribution in [0.3, 0.4) is 0 Å². The molecule has 0 aromatic heterocycles. The van der Waals surface area contributed by atoms with Crippen LogP contribution >= 0.6 is 0 Å². The third kappa shape index (κ3) is 6.83. The summed E-state index contributed by atoms with van der Waals surface area (Å²) in [5.41, 5.74) is 15.1. The van der Waals surface area contributed by atoms with E-state index in [9.17, 15) is 10.3 Å². The van der Waals surface area contributed by atoms with Crippen molar-refractivity contribution in [2.75, 3.05) is 13.2 Å². The van der Waals surface area contributed by atoms with Gasteiger partial charge in [0.1, 0.15) is 5.75 Å². The van der Waals surface area contributed by atoms with Gasteiger partial charge in [-0.2, -0.15) is 0 Å². The number of hydrogen-bond acceptors (Lipinski definition) is 6. The lowest BCUT2D eigenvalue weighted by Crippen LogP contribution is -2.53. The molecule has 0 fully saturated rings. The molecule has 1 amide bonds. The molecular weight excluding hydrogens is 626 g/mol. The van der Waals surface area contributed by atoms with Crippen LogP contribution in [0.4, 0.5) is 5.69 Å². The van der Waals surface area contributed by atoms with E-state index in [1.165, 1.54) is 11.1 Å². The highest BCUT2D eigenvalue weighted by atomic mass is 16.5. The normalized spacial score (nSPS) is 18.0. The maximum Gasteiger partial charge on any atom is 0.252 e. The summed E-state index contributed by atoms with van der Waals surface area (Å²) in [4.78, 5) is 23.2. The Morgan fingerprint density at radius 1 is 0.860 bits per heavy atom. The van der Waals surface area contributed by atoms with Crippen molar-refractivity contribution in [3.8, 4) is 16.9 Å². The zero-order valence-corrected chi connectivity index (χ0v) is 27.5. The minimum absolute atomic E-state index is 0.0519. The van der Waals surface area contributed by atoms with E-state index in [0.717, 1.165) is 29.5 Å². The van der Waals surface area contributed by atoms with Gasteiger partial charge in [0, 0.05) is 41.7 Å². The van der Waals surface area contributed by atoms with Gasteiger partial charge in [0.15, 0.2) is 11.6 Å². The van der Waals surface area contributed by atoms with Crippen LogP contribution in [0.15, 0.2) is 138 Å². The van der Waals surface area contributed by atoms with E-state index in [2.05, 4.69) is 39.6 Å². The first-order valence-electron chi connectivity index (χ1n) is 16.8. The Labute approximate surface area is 290 Å². The number of aliphatic hydroxyl groups is 1. The van der Waals surface area contributed by atoms with Crippen LogP contribution in [0.5, 0.6) is 5.75 Å². The Kier molecular flexibility index (Phi) is 9.60. The highest BCUT2D eigenvalue weighted by Crippen LogP contribution is 2.44.